The molecule has 0 aliphatic carbocycles. The molecule has 0 amide bonds. The van der Waals surface area contributed by atoms with Crippen LogP contribution in [0, 0.1) is 11.3 Å². The highest BCUT2D eigenvalue weighted by molar-refractivity contribution is 6.04. The third kappa shape index (κ3) is 3.19. The Labute approximate surface area is 106 Å². The van der Waals surface area contributed by atoms with Crippen LogP contribution in [0.5, 0.6) is 0 Å². The van der Waals surface area contributed by atoms with Gasteiger partial charge in [0.1, 0.15) is 6.07 Å². The van der Waals surface area contributed by atoms with Crippen LogP contribution in [0.4, 0.5) is 0 Å². The lowest BCUT2D eigenvalue weighted by molar-refractivity contribution is -0.109. The molecule has 0 saturated heterocycles. The van der Waals surface area contributed by atoms with Crippen LogP contribution >= 0.6 is 0 Å². The fraction of sp³-hybridized carbons (Fsp3) is 0.0667. The Morgan fingerprint density at radius 2 is 2.06 bits per heavy atom. The molecule has 0 N–H and O–H groups in total. The summed E-state index contributed by atoms with van der Waals surface area (Å²) in [5.74, 6) is -0.536. The van der Waals surface area contributed by atoms with Crippen molar-refractivity contribution in [3.8, 4) is 6.07 Å². The van der Waals surface area contributed by atoms with Crippen LogP contribution in [0.2, 0.25) is 0 Å². The van der Waals surface area contributed by atoms with Crippen LogP contribution in [0.1, 0.15) is 11.1 Å². The number of hydrogen-bond acceptors (Lipinski definition) is 2. The molecule has 0 radical (unpaired) electrons. The van der Waals surface area contributed by atoms with E-state index in [0.29, 0.717) is 0 Å². The molecular weight excluding hydrogens is 224 g/mol. The number of carbonyl (C=O) groups excluding carboxylic acids is 1. The van der Waals surface area contributed by atoms with E-state index in [0.717, 1.165) is 12.1 Å². The van der Waals surface area contributed by atoms with Gasteiger partial charge in [0, 0.05) is 18.9 Å². The maximum atomic E-state index is 10.8. The van der Waals surface area contributed by atoms with Gasteiger partial charge in [-0.2, -0.15) is 5.26 Å². The average Bonchev–Trinajstić information content (AvgIpc) is 2.85. The van der Waals surface area contributed by atoms with Gasteiger partial charge in [0.2, 0.25) is 0 Å². The molecule has 2 rings (SSSR count). The number of ketones is 1. The quantitative estimate of drug-likeness (QED) is 0.605. The highest BCUT2D eigenvalue weighted by Crippen LogP contribution is 2.07. The lowest BCUT2D eigenvalue weighted by Crippen LogP contribution is -1.95. The Morgan fingerprint density at radius 1 is 1.28 bits per heavy atom. The highest BCUT2D eigenvalue weighted by Gasteiger charge is 1.96. The van der Waals surface area contributed by atoms with E-state index in [1.165, 1.54) is 11.6 Å². The third-order valence-corrected chi connectivity index (χ3v) is 2.52. The molecule has 3 nitrogen and oxygen atoms in total. The lowest BCUT2D eigenvalue weighted by Gasteiger charge is -2.01. The smallest absolute Gasteiger partial charge is 0.255 e. The van der Waals surface area contributed by atoms with Gasteiger partial charge in [0.25, 0.3) is 5.78 Å². The lowest BCUT2D eigenvalue weighted by atomic mass is 10.2. The topological polar surface area (TPSA) is 45.8 Å². The van der Waals surface area contributed by atoms with Gasteiger partial charge in [0.15, 0.2) is 0 Å². The van der Waals surface area contributed by atoms with Crippen LogP contribution in [0.3, 0.4) is 0 Å². The summed E-state index contributed by atoms with van der Waals surface area (Å²) in [6, 6.07) is 13.6. The van der Waals surface area contributed by atoms with E-state index in [4.69, 9.17) is 5.26 Å². The maximum Gasteiger partial charge on any atom is 0.255 e. The molecule has 0 bridgehead atoms. The Bertz CT molecular complexity index is 603. The minimum atomic E-state index is -0.536. The number of nitriles is 1. The molecule has 0 aliphatic heterocycles. The van der Waals surface area contributed by atoms with Gasteiger partial charge in [-0.25, -0.2) is 0 Å². The number of benzene rings is 1. The highest BCUT2D eigenvalue weighted by atomic mass is 16.1. The van der Waals surface area contributed by atoms with Crippen molar-refractivity contribution in [1.82, 2.24) is 4.57 Å². The van der Waals surface area contributed by atoms with Gasteiger partial charge in [-0.05, 0) is 29.3 Å². The first-order valence-electron chi connectivity index (χ1n) is 5.60. The summed E-state index contributed by atoms with van der Waals surface area (Å²) in [6.45, 7) is 0.793. The third-order valence-electron chi connectivity index (χ3n) is 2.52. The fourth-order valence-electron chi connectivity index (χ4n) is 1.66. The molecule has 1 aromatic carbocycles. The van der Waals surface area contributed by atoms with Gasteiger partial charge in [0.05, 0.1) is 0 Å². The van der Waals surface area contributed by atoms with Gasteiger partial charge >= 0.3 is 0 Å². The molecule has 0 saturated carbocycles. The van der Waals surface area contributed by atoms with Crippen molar-refractivity contribution in [2.45, 2.75) is 6.54 Å². The Balaban J connectivity index is 2.05. The Hall–Kier alpha value is -2.60. The van der Waals surface area contributed by atoms with E-state index < -0.39 is 5.78 Å². The summed E-state index contributed by atoms with van der Waals surface area (Å²) in [4.78, 5) is 10.8. The summed E-state index contributed by atoms with van der Waals surface area (Å²) >= 11 is 0. The number of hydrogen-bond donors (Lipinski definition) is 0. The first-order valence-corrected chi connectivity index (χ1v) is 5.60. The molecule has 2 aromatic rings. The SMILES string of the molecule is N#CC(=O)/C=C/c1ccn(Cc2ccccc2)c1. The Morgan fingerprint density at radius 3 is 2.78 bits per heavy atom. The zero-order chi connectivity index (χ0) is 12.8. The van der Waals surface area contributed by atoms with Crippen LogP contribution in [-0.4, -0.2) is 10.4 Å². The summed E-state index contributed by atoms with van der Waals surface area (Å²) in [7, 11) is 0. The van der Waals surface area contributed by atoms with Crippen molar-refractivity contribution in [2.75, 3.05) is 0 Å². The molecule has 0 spiro atoms. The molecule has 1 heterocycles. The summed E-state index contributed by atoms with van der Waals surface area (Å²) in [6.07, 6.45) is 6.81. The van der Waals surface area contributed by atoms with E-state index in [2.05, 4.69) is 12.1 Å². The monoisotopic (exact) mass is 236 g/mol. The standard InChI is InChI=1S/C15H12N2O/c16-10-15(18)7-6-14-8-9-17(12-14)11-13-4-2-1-3-5-13/h1-9,12H,11H2/b7-6+. The van der Waals surface area contributed by atoms with Gasteiger partial charge in [-0.15, -0.1) is 0 Å². The van der Waals surface area contributed by atoms with E-state index in [1.54, 1.807) is 12.1 Å². The summed E-state index contributed by atoms with van der Waals surface area (Å²) in [5.41, 5.74) is 2.13. The number of aromatic nitrogens is 1. The molecular formula is C15H12N2O. The second kappa shape index (κ2) is 5.65. The van der Waals surface area contributed by atoms with Crippen molar-refractivity contribution in [1.29, 1.82) is 5.26 Å². The van der Waals surface area contributed by atoms with Crippen LogP contribution in [0.15, 0.2) is 54.9 Å². The van der Waals surface area contributed by atoms with E-state index in [9.17, 15) is 4.79 Å². The van der Waals surface area contributed by atoms with Crippen molar-refractivity contribution >= 4 is 11.9 Å². The molecule has 0 unspecified atom stereocenters. The van der Waals surface area contributed by atoms with Crippen molar-refractivity contribution in [2.24, 2.45) is 0 Å². The fourth-order valence-corrected chi connectivity index (χ4v) is 1.66. The molecule has 3 heteroatoms. The van der Waals surface area contributed by atoms with E-state index in [1.807, 2.05) is 41.2 Å². The van der Waals surface area contributed by atoms with Crippen LogP contribution in [0.25, 0.3) is 6.08 Å². The maximum absolute atomic E-state index is 10.8. The molecule has 0 atom stereocenters. The second-order valence-corrected chi connectivity index (χ2v) is 3.91. The minimum Gasteiger partial charge on any atom is -0.349 e. The summed E-state index contributed by atoms with van der Waals surface area (Å²) < 4.78 is 2.03. The number of allylic oxidation sites excluding steroid dienone is 1. The van der Waals surface area contributed by atoms with Crippen LogP contribution in [-0.2, 0) is 11.3 Å². The van der Waals surface area contributed by atoms with Gasteiger partial charge < -0.3 is 4.57 Å². The first kappa shape index (κ1) is 11.9. The zero-order valence-electron chi connectivity index (χ0n) is 9.78. The van der Waals surface area contributed by atoms with Gasteiger partial charge in [-0.3, -0.25) is 4.79 Å². The second-order valence-electron chi connectivity index (χ2n) is 3.91. The number of carbonyl (C=O) groups is 1. The van der Waals surface area contributed by atoms with Crippen molar-refractivity contribution in [3.63, 3.8) is 0 Å². The zero-order valence-corrected chi connectivity index (χ0v) is 9.78. The molecule has 18 heavy (non-hydrogen) atoms. The van der Waals surface area contributed by atoms with E-state index in [-0.39, 0.29) is 0 Å². The Kier molecular flexibility index (Phi) is 3.72. The number of nitrogens with zero attached hydrogens (tertiary/aromatic N) is 2. The average molecular weight is 236 g/mol. The predicted octanol–water partition coefficient (Wildman–Crippen LogP) is 2.64. The van der Waals surface area contributed by atoms with Crippen LogP contribution < -0.4 is 0 Å². The number of rotatable bonds is 4. The van der Waals surface area contributed by atoms with Crippen molar-refractivity contribution in [3.05, 3.63) is 66.0 Å². The largest absolute Gasteiger partial charge is 0.349 e. The molecule has 0 fully saturated rings. The molecule has 0 aliphatic rings. The summed E-state index contributed by atoms with van der Waals surface area (Å²) in [5, 5.41) is 8.36. The van der Waals surface area contributed by atoms with Crippen molar-refractivity contribution < 1.29 is 4.79 Å². The van der Waals surface area contributed by atoms with E-state index >= 15 is 0 Å². The predicted molar refractivity (Wildman–Crippen MR) is 69.6 cm³/mol. The van der Waals surface area contributed by atoms with Gasteiger partial charge in [-0.1, -0.05) is 30.3 Å². The first-order chi connectivity index (χ1) is 8.78. The minimum absolute atomic E-state index is 0.536. The molecule has 88 valence electrons. The normalized spacial score (nSPS) is 10.4. The molecule has 1 aromatic heterocycles.